The largest absolute Gasteiger partial charge is 0.496 e. The Kier molecular flexibility index (Phi) is 6.95. The van der Waals surface area contributed by atoms with Crippen LogP contribution in [0.4, 0.5) is 0 Å². The molecule has 0 bridgehead atoms. The molecule has 0 fully saturated rings. The van der Waals surface area contributed by atoms with Gasteiger partial charge in [-0.15, -0.1) is 0 Å². The second kappa shape index (κ2) is 10.2. The molecule has 0 saturated heterocycles. The second-order valence-electron chi connectivity index (χ2n) is 7.82. The summed E-state index contributed by atoms with van der Waals surface area (Å²) in [6.07, 6.45) is 3.73. The van der Waals surface area contributed by atoms with E-state index in [0.29, 0.717) is 24.5 Å². The van der Waals surface area contributed by atoms with Crippen LogP contribution in [-0.4, -0.2) is 33.4 Å². The van der Waals surface area contributed by atoms with Crippen LogP contribution in [0.2, 0.25) is 0 Å². The fraction of sp³-hybridized carbons (Fsp3) is 0.296. The topological polar surface area (TPSA) is 54.0 Å². The zero-order valence-electron chi connectivity index (χ0n) is 18.6. The summed E-state index contributed by atoms with van der Waals surface area (Å²) in [6.45, 7) is 1.23. The van der Waals surface area contributed by atoms with Gasteiger partial charge in [-0.25, -0.2) is 4.79 Å². The number of hydrogen-bond acceptors (Lipinski definition) is 5. The van der Waals surface area contributed by atoms with E-state index >= 15 is 0 Å². The maximum Gasteiger partial charge on any atom is 0.341 e. The van der Waals surface area contributed by atoms with Crippen molar-refractivity contribution in [2.45, 2.75) is 25.7 Å². The summed E-state index contributed by atoms with van der Waals surface area (Å²) >= 11 is 0. The fourth-order valence-corrected chi connectivity index (χ4v) is 3.86. The first-order chi connectivity index (χ1) is 15.7. The van der Waals surface area contributed by atoms with Crippen molar-refractivity contribution in [2.75, 3.05) is 27.4 Å². The first kappa shape index (κ1) is 21.8. The monoisotopic (exact) mass is 432 g/mol. The molecular formula is C27H28O5. The van der Waals surface area contributed by atoms with Gasteiger partial charge in [0.15, 0.2) is 11.5 Å². The molecule has 1 aliphatic rings. The molecule has 1 aliphatic heterocycles. The molecular weight excluding hydrogens is 404 g/mol. The molecule has 0 amide bonds. The van der Waals surface area contributed by atoms with Gasteiger partial charge >= 0.3 is 5.97 Å². The quantitative estimate of drug-likeness (QED) is 0.478. The van der Waals surface area contributed by atoms with Crippen molar-refractivity contribution in [3.63, 3.8) is 0 Å². The highest BCUT2D eigenvalue weighted by Crippen LogP contribution is 2.31. The number of carbonyl (C=O) groups is 1. The van der Waals surface area contributed by atoms with Crippen molar-refractivity contribution in [3.05, 3.63) is 88.5 Å². The molecule has 5 nitrogen and oxygen atoms in total. The summed E-state index contributed by atoms with van der Waals surface area (Å²) < 4.78 is 21.4. The Morgan fingerprint density at radius 1 is 0.719 bits per heavy atom. The molecule has 4 rings (SSSR count). The minimum absolute atomic E-state index is 0.389. The van der Waals surface area contributed by atoms with Crippen LogP contribution in [0, 0.1) is 0 Å². The third-order valence-electron chi connectivity index (χ3n) is 5.71. The Morgan fingerprint density at radius 2 is 1.25 bits per heavy atom. The Balaban J connectivity index is 1.32. The second-order valence-corrected chi connectivity index (χ2v) is 7.82. The summed E-state index contributed by atoms with van der Waals surface area (Å²) in [5.74, 6) is 1.84. The normalized spacial score (nSPS) is 12.3. The molecule has 0 atom stereocenters. The molecule has 0 radical (unpaired) electrons. The summed E-state index contributed by atoms with van der Waals surface area (Å²) in [5, 5.41) is 0. The molecule has 0 N–H and O–H groups in total. The molecule has 166 valence electrons. The van der Waals surface area contributed by atoms with Crippen LogP contribution in [0.25, 0.3) is 0 Å². The SMILES string of the molecule is COC(=O)c1ccc(CCc2ccc(CCc3ccc4c(c3)OCCO4)cc2)cc1OC. The van der Waals surface area contributed by atoms with Crippen molar-refractivity contribution >= 4 is 5.97 Å². The third-order valence-corrected chi connectivity index (χ3v) is 5.71. The minimum Gasteiger partial charge on any atom is -0.496 e. The van der Waals surface area contributed by atoms with Crippen LogP contribution in [-0.2, 0) is 30.4 Å². The lowest BCUT2D eigenvalue weighted by Gasteiger charge is -2.18. The molecule has 1 heterocycles. The average molecular weight is 433 g/mol. The van der Waals surface area contributed by atoms with E-state index in [1.165, 1.54) is 23.8 Å². The van der Waals surface area contributed by atoms with Crippen molar-refractivity contribution in [1.29, 1.82) is 0 Å². The molecule has 0 aliphatic carbocycles. The number of rotatable bonds is 8. The van der Waals surface area contributed by atoms with Gasteiger partial charge < -0.3 is 18.9 Å². The molecule has 0 spiro atoms. The van der Waals surface area contributed by atoms with E-state index in [2.05, 4.69) is 36.4 Å². The van der Waals surface area contributed by atoms with E-state index < -0.39 is 0 Å². The predicted octanol–water partition coefficient (Wildman–Crippen LogP) is 4.82. The van der Waals surface area contributed by atoms with Crippen LogP contribution in [0.3, 0.4) is 0 Å². The van der Waals surface area contributed by atoms with Gasteiger partial charge in [0.05, 0.1) is 14.2 Å². The first-order valence-electron chi connectivity index (χ1n) is 10.9. The highest BCUT2D eigenvalue weighted by molar-refractivity contribution is 5.92. The highest BCUT2D eigenvalue weighted by atomic mass is 16.6. The van der Waals surface area contributed by atoms with E-state index in [9.17, 15) is 4.79 Å². The van der Waals surface area contributed by atoms with Crippen LogP contribution in [0.15, 0.2) is 60.7 Å². The van der Waals surface area contributed by atoms with Gasteiger partial charge in [0.25, 0.3) is 0 Å². The lowest BCUT2D eigenvalue weighted by atomic mass is 9.99. The van der Waals surface area contributed by atoms with E-state index in [0.717, 1.165) is 42.7 Å². The van der Waals surface area contributed by atoms with Crippen molar-refractivity contribution < 1.29 is 23.7 Å². The summed E-state index contributed by atoms with van der Waals surface area (Å²) in [4.78, 5) is 11.8. The lowest BCUT2D eigenvalue weighted by Crippen LogP contribution is -2.15. The maximum atomic E-state index is 11.8. The number of methoxy groups -OCH3 is 2. The van der Waals surface area contributed by atoms with E-state index in [4.69, 9.17) is 18.9 Å². The molecule has 0 aromatic heterocycles. The molecule has 32 heavy (non-hydrogen) atoms. The average Bonchev–Trinajstić information content (AvgIpc) is 2.86. The van der Waals surface area contributed by atoms with Crippen molar-refractivity contribution in [2.24, 2.45) is 0 Å². The standard InChI is InChI=1S/C27H28O5/c1-29-25-17-21(11-13-23(25)27(28)30-2)9-7-19-3-5-20(6-4-19)8-10-22-12-14-24-26(18-22)32-16-15-31-24/h3-6,11-14,17-18H,7-10,15-16H2,1-2H3. The van der Waals surface area contributed by atoms with Gasteiger partial charge in [0.1, 0.15) is 24.5 Å². The van der Waals surface area contributed by atoms with Crippen molar-refractivity contribution in [3.8, 4) is 17.2 Å². The summed E-state index contributed by atoms with van der Waals surface area (Å²) in [7, 11) is 2.94. The van der Waals surface area contributed by atoms with E-state index in [1.807, 2.05) is 18.2 Å². The molecule has 0 unspecified atom stereocenters. The van der Waals surface area contributed by atoms with Gasteiger partial charge in [-0.3, -0.25) is 0 Å². The smallest absolute Gasteiger partial charge is 0.341 e. The Hall–Kier alpha value is -3.47. The molecule has 3 aromatic carbocycles. The maximum absolute atomic E-state index is 11.8. The number of ether oxygens (including phenoxy) is 4. The fourth-order valence-electron chi connectivity index (χ4n) is 3.86. The lowest BCUT2D eigenvalue weighted by molar-refractivity contribution is 0.0597. The summed E-state index contributed by atoms with van der Waals surface area (Å²) in [5.41, 5.74) is 5.41. The van der Waals surface area contributed by atoms with Gasteiger partial charge in [-0.2, -0.15) is 0 Å². The van der Waals surface area contributed by atoms with Crippen LogP contribution in [0.5, 0.6) is 17.2 Å². The minimum atomic E-state index is -0.389. The number of fused-ring (bicyclic) bond motifs is 1. The molecule has 3 aromatic rings. The van der Waals surface area contributed by atoms with Crippen LogP contribution in [0.1, 0.15) is 32.6 Å². The molecule has 5 heteroatoms. The van der Waals surface area contributed by atoms with Gasteiger partial charge in [0, 0.05) is 0 Å². The third kappa shape index (κ3) is 5.22. The number of carbonyl (C=O) groups excluding carboxylic acids is 1. The molecule has 0 saturated carbocycles. The van der Waals surface area contributed by atoms with Gasteiger partial charge in [-0.05, 0) is 72.2 Å². The number of benzene rings is 3. The zero-order valence-corrected chi connectivity index (χ0v) is 18.6. The number of aryl methyl sites for hydroxylation is 4. The van der Waals surface area contributed by atoms with Gasteiger partial charge in [0.2, 0.25) is 0 Å². The Bertz CT molecular complexity index is 1070. The Labute approximate surface area is 188 Å². The van der Waals surface area contributed by atoms with Gasteiger partial charge in [-0.1, -0.05) is 36.4 Å². The predicted molar refractivity (Wildman–Crippen MR) is 123 cm³/mol. The van der Waals surface area contributed by atoms with E-state index in [1.54, 1.807) is 13.2 Å². The van der Waals surface area contributed by atoms with Crippen LogP contribution >= 0.6 is 0 Å². The summed E-state index contributed by atoms with van der Waals surface area (Å²) in [6, 6.07) is 20.6. The number of esters is 1. The van der Waals surface area contributed by atoms with Crippen molar-refractivity contribution in [1.82, 2.24) is 0 Å². The Morgan fingerprint density at radius 3 is 1.88 bits per heavy atom. The van der Waals surface area contributed by atoms with Crippen LogP contribution < -0.4 is 14.2 Å². The first-order valence-corrected chi connectivity index (χ1v) is 10.9. The number of hydrogen-bond donors (Lipinski definition) is 0. The van der Waals surface area contributed by atoms with E-state index in [-0.39, 0.29) is 5.97 Å². The highest BCUT2D eigenvalue weighted by Gasteiger charge is 2.13. The zero-order chi connectivity index (χ0) is 22.3.